The van der Waals surface area contributed by atoms with Gasteiger partial charge in [-0.1, -0.05) is 13.3 Å². The second-order valence-electron chi connectivity index (χ2n) is 2.32. The van der Waals surface area contributed by atoms with Crippen LogP contribution in [0.1, 0.15) is 19.8 Å². The van der Waals surface area contributed by atoms with Crippen molar-refractivity contribution in [1.29, 1.82) is 0 Å². The largest absolute Gasteiger partial charge is 0.488 e. The molecule has 1 amide bonds. The van der Waals surface area contributed by atoms with Crippen LogP contribution >= 0.6 is 0 Å². The molecule has 4 nitrogen and oxygen atoms in total. The first-order valence-electron chi connectivity index (χ1n) is 3.96. The van der Waals surface area contributed by atoms with E-state index in [2.05, 4.69) is 0 Å². The number of primary amides is 1. The molecule has 0 spiro atoms. The van der Waals surface area contributed by atoms with Crippen LogP contribution < -0.4 is 5.73 Å². The number of aliphatic hydroxyl groups is 1. The van der Waals surface area contributed by atoms with E-state index in [4.69, 9.17) is 15.6 Å². The van der Waals surface area contributed by atoms with Crippen molar-refractivity contribution in [2.24, 2.45) is 5.73 Å². The fraction of sp³-hybridized carbons (Fsp3) is 0.625. The zero-order valence-electron chi connectivity index (χ0n) is 7.25. The summed E-state index contributed by atoms with van der Waals surface area (Å²) < 4.78 is 5.01. The van der Waals surface area contributed by atoms with Gasteiger partial charge in [0, 0.05) is 0 Å². The molecule has 0 aromatic carbocycles. The Morgan fingerprint density at radius 3 is 2.75 bits per heavy atom. The van der Waals surface area contributed by atoms with E-state index < -0.39 is 5.91 Å². The lowest BCUT2D eigenvalue weighted by molar-refractivity contribution is -0.118. The molecule has 0 radical (unpaired) electrons. The summed E-state index contributed by atoms with van der Waals surface area (Å²) in [5, 5.41) is 8.48. The highest BCUT2D eigenvalue weighted by Gasteiger charge is 2.03. The topological polar surface area (TPSA) is 72.6 Å². The second kappa shape index (κ2) is 6.67. The van der Waals surface area contributed by atoms with Gasteiger partial charge in [-0.3, -0.25) is 4.79 Å². The van der Waals surface area contributed by atoms with Crippen LogP contribution in [0.4, 0.5) is 0 Å². The zero-order valence-corrected chi connectivity index (χ0v) is 7.25. The summed E-state index contributed by atoms with van der Waals surface area (Å²) in [5.41, 5.74) is 4.96. The summed E-state index contributed by atoms with van der Waals surface area (Å²) in [6.45, 7) is 2.25. The molecule has 0 heterocycles. The van der Waals surface area contributed by atoms with E-state index in [-0.39, 0.29) is 12.4 Å². The molecule has 0 saturated carbocycles. The van der Waals surface area contributed by atoms with Crippen molar-refractivity contribution in [3.63, 3.8) is 0 Å². The molecule has 70 valence electrons. The lowest BCUT2D eigenvalue weighted by Crippen LogP contribution is -2.17. The van der Waals surface area contributed by atoms with Gasteiger partial charge in [-0.25, -0.2) is 0 Å². The maximum absolute atomic E-state index is 10.6. The SMILES string of the molecule is CCCCOC(=CCO)C(N)=O. The van der Waals surface area contributed by atoms with Crippen molar-refractivity contribution in [2.75, 3.05) is 13.2 Å². The Labute approximate surface area is 72.0 Å². The summed E-state index contributed by atoms with van der Waals surface area (Å²) in [6, 6.07) is 0. The average molecular weight is 173 g/mol. The first-order valence-corrected chi connectivity index (χ1v) is 3.96. The number of carbonyl (C=O) groups excluding carboxylic acids is 1. The van der Waals surface area contributed by atoms with Crippen LogP contribution in [0.5, 0.6) is 0 Å². The fourth-order valence-corrected chi connectivity index (χ4v) is 0.640. The normalized spacial score (nSPS) is 11.3. The third-order valence-electron chi connectivity index (χ3n) is 1.27. The van der Waals surface area contributed by atoms with Crippen LogP contribution in [0.3, 0.4) is 0 Å². The summed E-state index contributed by atoms with van der Waals surface area (Å²) in [5.74, 6) is -0.592. The Kier molecular flexibility index (Phi) is 6.09. The molecule has 12 heavy (non-hydrogen) atoms. The third-order valence-corrected chi connectivity index (χ3v) is 1.27. The molecule has 0 rings (SSSR count). The van der Waals surface area contributed by atoms with Gasteiger partial charge in [0.2, 0.25) is 0 Å². The van der Waals surface area contributed by atoms with Crippen molar-refractivity contribution in [1.82, 2.24) is 0 Å². The van der Waals surface area contributed by atoms with Gasteiger partial charge >= 0.3 is 0 Å². The van der Waals surface area contributed by atoms with Gasteiger partial charge in [0.25, 0.3) is 5.91 Å². The molecule has 0 aliphatic heterocycles. The molecule has 4 heteroatoms. The standard InChI is InChI=1S/C8H15NO3/c1-2-3-6-12-7(4-5-10)8(9)11/h4,10H,2-3,5-6H2,1H3,(H2,9,11). The number of unbranched alkanes of at least 4 members (excludes halogenated alkanes) is 1. The molecular formula is C8H15NO3. The molecule has 0 aliphatic carbocycles. The van der Waals surface area contributed by atoms with Gasteiger partial charge < -0.3 is 15.6 Å². The number of aliphatic hydroxyl groups excluding tert-OH is 1. The van der Waals surface area contributed by atoms with Gasteiger partial charge in [0.05, 0.1) is 13.2 Å². The molecule has 0 unspecified atom stereocenters. The molecule has 0 aromatic rings. The molecule has 0 bridgehead atoms. The van der Waals surface area contributed by atoms with Crippen LogP contribution in [-0.2, 0) is 9.53 Å². The van der Waals surface area contributed by atoms with Crippen molar-refractivity contribution < 1.29 is 14.6 Å². The van der Waals surface area contributed by atoms with Crippen molar-refractivity contribution in [3.8, 4) is 0 Å². The summed E-state index contributed by atoms with van der Waals surface area (Å²) in [4.78, 5) is 10.6. The third kappa shape index (κ3) is 4.73. The zero-order chi connectivity index (χ0) is 9.40. The van der Waals surface area contributed by atoms with Crippen LogP contribution in [-0.4, -0.2) is 24.2 Å². The van der Waals surface area contributed by atoms with E-state index in [1.807, 2.05) is 6.92 Å². The van der Waals surface area contributed by atoms with Crippen molar-refractivity contribution in [2.45, 2.75) is 19.8 Å². The molecule has 0 fully saturated rings. The first-order chi connectivity index (χ1) is 5.72. The second-order valence-corrected chi connectivity index (χ2v) is 2.32. The molecule has 3 N–H and O–H groups in total. The Morgan fingerprint density at radius 1 is 1.67 bits per heavy atom. The minimum Gasteiger partial charge on any atom is -0.488 e. The Hall–Kier alpha value is -1.03. The summed E-state index contributed by atoms with van der Waals surface area (Å²) >= 11 is 0. The van der Waals surface area contributed by atoms with Crippen LogP contribution in [0.2, 0.25) is 0 Å². The van der Waals surface area contributed by atoms with Crippen molar-refractivity contribution >= 4 is 5.91 Å². The highest BCUT2D eigenvalue weighted by Crippen LogP contribution is 1.98. The lowest BCUT2D eigenvalue weighted by atomic mass is 10.3. The molecular weight excluding hydrogens is 158 g/mol. The van der Waals surface area contributed by atoms with Gasteiger partial charge in [0.1, 0.15) is 0 Å². The molecule has 0 saturated heterocycles. The van der Waals surface area contributed by atoms with E-state index in [9.17, 15) is 4.79 Å². The summed E-state index contributed by atoms with van der Waals surface area (Å²) in [6.07, 6.45) is 3.12. The quantitative estimate of drug-likeness (QED) is 0.341. The Morgan fingerprint density at radius 2 is 2.33 bits per heavy atom. The number of amides is 1. The number of nitrogens with two attached hydrogens (primary N) is 1. The highest BCUT2D eigenvalue weighted by molar-refractivity contribution is 5.89. The smallest absolute Gasteiger partial charge is 0.283 e. The van der Waals surface area contributed by atoms with Crippen LogP contribution in [0, 0.1) is 0 Å². The molecule has 0 atom stereocenters. The van der Waals surface area contributed by atoms with Gasteiger partial charge in [0.15, 0.2) is 5.76 Å². The predicted molar refractivity (Wildman–Crippen MR) is 45.2 cm³/mol. The minimum absolute atomic E-state index is 0.0472. The molecule has 0 aromatic heterocycles. The minimum atomic E-state index is -0.639. The number of rotatable bonds is 6. The number of ether oxygens (including phenoxy) is 1. The molecule has 0 aliphatic rings. The van der Waals surface area contributed by atoms with Crippen molar-refractivity contribution in [3.05, 3.63) is 11.8 Å². The van der Waals surface area contributed by atoms with Crippen LogP contribution in [0.25, 0.3) is 0 Å². The number of carbonyl (C=O) groups is 1. The number of hydrogen-bond acceptors (Lipinski definition) is 3. The van der Waals surface area contributed by atoms with E-state index >= 15 is 0 Å². The highest BCUT2D eigenvalue weighted by atomic mass is 16.5. The van der Waals surface area contributed by atoms with E-state index in [0.29, 0.717) is 6.61 Å². The predicted octanol–water partition coefficient (Wildman–Crippen LogP) is 0.165. The van der Waals surface area contributed by atoms with E-state index in [1.54, 1.807) is 0 Å². The Bertz CT molecular complexity index is 166. The van der Waals surface area contributed by atoms with E-state index in [0.717, 1.165) is 12.8 Å². The van der Waals surface area contributed by atoms with Gasteiger partial charge in [-0.2, -0.15) is 0 Å². The van der Waals surface area contributed by atoms with Gasteiger partial charge in [-0.05, 0) is 12.5 Å². The maximum atomic E-state index is 10.6. The monoisotopic (exact) mass is 173 g/mol. The maximum Gasteiger partial charge on any atom is 0.283 e. The van der Waals surface area contributed by atoms with E-state index in [1.165, 1.54) is 6.08 Å². The number of hydrogen-bond donors (Lipinski definition) is 2. The van der Waals surface area contributed by atoms with Crippen LogP contribution in [0.15, 0.2) is 11.8 Å². The Balaban J connectivity index is 3.81. The van der Waals surface area contributed by atoms with Gasteiger partial charge in [-0.15, -0.1) is 0 Å². The lowest BCUT2D eigenvalue weighted by Gasteiger charge is -2.05. The fourth-order valence-electron chi connectivity index (χ4n) is 0.640. The average Bonchev–Trinajstić information content (AvgIpc) is 2.03. The first kappa shape index (κ1) is 11.0. The summed E-state index contributed by atoms with van der Waals surface area (Å²) in [7, 11) is 0.